The number of amides is 1. The molecule has 0 unspecified atom stereocenters. The van der Waals surface area contributed by atoms with E-state index in [0.717, 1.165) is 37.1 Å². The van der Waals surface area contributed by atoms with Gasteiger partial charge >= 0.3 is 0 Å². The lowest BCUT2D eigenvalue weighted by atomic mass is 9.98. The Balaban J connectivity index is 1.40. The molecule has 7 heteroatoms. The van der Waals surface area contributed by atoms with Gasteiger partial charge < -0.3 is 20.3 Å². The number of hydrogen-bond acceptors (Lipinski definition) is 6. The molecule has 1 amide bonds. The summed E-state index contributed by atoms with van der Waals surface area (Å²) in [5.74, 6) is 1.01. The van der Waals surface area contributed by atoms with E-state index in [1.165, 1.54) is 0 Å². The second-order valence-electron chi connectivity index (χ2n) is 8.76. The number of piperidine rings is 1. The van der Waals surface area contributed by atoms with E-state index in [0.29, 0.717) is 40.8 Å². The fourth-order valence-corrected chi connectivity index (χ4v) is 4.16. The van der Waals surface area contributed by atoms with E-state index in [9.17, 15) is 14.4 Å². The summed E-state index contributed by atoms with van der Waals surface area (Å²) in [7, 11) is 1.56. The SMILES string of the molecule is COc1ccc(C)cc1NC(=O)c1ccc(CNc2c(N3CCC(C)CC3)c(=O)c2=O)cc1. The maximum Gasteiger partial charge on any atom is 0.255 e. The number of nitrogens with zero attached hydrogens (tertiary/aromatic N) is 1. The molecule has 3 aromatic rings. The first-order chi connectivity index (χ1) is 15.9. The van der Waals surface area contributed by atoms with Gasteiger partial charge in [-0.1, -0.05) is 25.1 Å². The standard InChI is InChI=1S/C26H29N3O4/c1-16-10-12-29(13-11-16)23-22(24(30)25(23)31)27-15-18-5-7-19(8-6-18)26(32)28-20-14-17(2)4-9-21(20)33-3/h4-9,14,16,27H,10-13,15H2,1-3H3,(H,28,32). The normalized spacial score (nSPS) is 14.3. The summed E-state index contributed by atoms with van der Waals surface area (Å²) in [6, 6.07) is 12.8. The van der Waals surface area contributed by atoms with Crippen LogP contribution in [0.15, 0.2) is 52.1 Å². The van der Waals surface area contributed by atoms with E-state index >= 15 is 0 Å². The van der Waals surface area contributed by atoms with E-state index in [1.807, 2.05) is 42.2 Å². The van der Waals surface area contributed by atoms with E-state index in [-0.39, 0.29) is 5.91 Å². The Morgan fingerprint density at radius 3 is 2.42 bits per heavy atom. The Hall–Kier alpha value is -3.61. The molecule has 4 rings (SSSR count). The second-order valence-corrected chi connectivity index (χ2v) is 8.76. The van der Waals surface area contributed by atoms with Crippen LogP contribution in [0.4, 0.5) is 17.1 Å². The topological polar surface area (TPSA) is 87.7 Å². The molecule has 1 aliphatic heterocycles. The predicted molar refractivity (Wildman–Crippen MR) is 131 cm³/mol. The molecular weight excluding hydrogens is 418 g/mol. The summed E-state index contributed by atoms with van der Waals surface area (Å²) in [5, 5.41) is 6.02. The summed E-state index contributed by atoms with van der Waals surface area (Å²) >= 11 is 0. The zero-order chi connectivity index (χ0) is 23.5. The first-order valence-corrected chi connectivity index (χ1v) is 11.2. The Kier molecular flexibility index (Phi) is 6.49. The quantitative estimate of drug-likeness (QED) is 0.537. The van der Waals surface area contributed by atoms with Gasteiger partial charge in [0, 0.05) is 25.2 Å². The molecule has 0 aliphatic carbocycles. The molecule has 0 aromatic heterocycles. The number of rotatable bonds is 7. The molecular formula is C26H29N3O4. The van der Waals surface area contributed by atoms with Gasteiger partial charge in [0.15, 0.2) is 0 Å². The van der Waals surface area contributed by atoms with Crippen LogP contribution in [-0.2, 0) is 6.54 Å². The van der Waals surface area contributed by atoms with Crippen molar-refractivity contribution in [3.63, 3.8) is 0 Å². The van der Waals surface area contributed by atoms with Crippen LogP contribution in [0.5, 0.6) is 5.75 Å². The molecule has 1 saturated heterocycles. The monoisotopic (exact) mass is 447 g/mol. The minimum atomic E-state index is -0.452. The largest absolute Gasteiger partial charge is 0.495 e. The number of carbonyl (C=O) groups is 1. The molecule has 0 spiro atoms. The Morgan fingerprint density at radius 2 is 1.76 bits per heavy atom. The number of anilines is 3. The number of ether oxygens (including phenoxy) is 1. The van der Waals surface area contributed by atoms with Gasteiger partial charge in [0.1, 0.15) is 17.1 Å². The summed E-state index contributed by atoms with van der Waals surface area (Å²) in [6.45, 7) is 6.16. The van der Waals surface area contributed by atoms with Crippen molar-refractivity contribution in [2.75, 3.05) is 35.7 Å². The zero-order valence-corrected chi connectivity index (χ0v) is 19.2. The first kappa shape index (κ1) is 22.6. The van der Waals surface area contributed by atoms with Gasteiger partial charge in [-0.05, 0) is 61.1 Å². The molecule has 3 aromatic carbocycles. The van der Waals surface area contributed by atoms with Gasteiger partial charge in [-0.15, -0.1) is 0 Å². The smallest absolute Gasteiger partial charge is 0.255 e. The first-order valence-electron chi connectivity index (χ1n) is 11.2. The van der Waals surface area contributed by atoms with Gasteiger partial charge in [-0.2, -0.15) is 0 Å². The minimum absolute atomic E-state index is 0.234. The van der Waals surface area contributed by atoms with Crippen molar-refractivity contribution in [3.8, 4) is 5.75 Å². The van der Waals surface area contributed by atoms with Crippen LogP contribution in [-0.4, -0.2) is 26.1 Å². The average molecular weight is 448 g/mol. The van der Waals surface area contributed by atoms with Crippen molar-refractivity contribution in [2.45, 2.75) is 33.2 Å². The number of hydrogen-bond donors (Lipinski definition) is 2. The highest BCUT2D eigenvalue weighted by atomic mass is 16.5. The highest BCUT2D eigenvalue weighted by Crippen LogP contribution is 2.27. The highest BCUT2D eigenvalue weighted by Gasteiger charge is 2.28. The highest BCUT2D eigenvalue weighted by molar-refractivity contribution is 6.05. The summed E-state index contributed by atoms with van der Waals surface area (Å²) in [4.78, 5) is 39.0. The molecule has 7 nitrogen and oxygen atoms in total. The molecule has 1 fully saturated rings. The molecule has 0 bridgehead atoms. The van der Waals surface area contributed by atoms with E-state index in [4.69, 9.17) is 4.74 Å². The van der Waals surface area contributed by atoms with E-state index in [1.54, 1.807) is 19.2 Å². The molecule has 2 N–H and O–H groups in total. The van der Waals surface area contributed by atoms with E-state index < -0.39 is 10.9 Å². The summed E-state index contributed by atoms with van der Waals surface area (Å²) in [5.41, 5.74) is 3.14. The number of carbonyl (C=O) groups excluding carboxylic acids is 1. The molecule has 1 aliphatic rings. The predicted octanol–water partition coefficient (Wildman–Crippen LogP) is 3.70. The number of nitrogens with one attached hydrogen (secondary N) is 2. The third kappa shape index (κ3) is 4.77. The third-order valence-corrected chi connectivity index (χ3v) is 6.27. The second kappa shape index (κ2) is 9.48. The van der Waals surface area contributed by atoms with Crippen molar-refractivity contribution in [2.24, 2.45) is 5.92 Å². The maximum atomic E-state index is 12.7. The van der Waals surface area contributed by atoms with Gasteiger partial charge in [-0.3, -0.25) is 14.4 Å². The van der Waals surface area contributed by atoms with Gasteiger partial charge in [0.25, 0.3) is 16.8 Å². The molecule has 0 saturated carbocycles. The Morgan fingerprint density at radius 1 is 1.06 bits per heavy atom. The Bertz CT molecular complexity index is 1220. The van der Waals surface area contributed by atoms with Crippen LogP contribution >= 0.6 is 0 Å². The van der Waals surface area contributed by atoms with Crippen LogP contribution in [0, 0.1) is 12.8 Å². The van der Waals surface area contributed by atoms with Crippen molar-refractivity contribution in [3.05, 3.63) is 79.6 Å². The fourth-order valence-electron chi connectivity index (χ4n) is 4.16. The lowest BCUT2D eigenvalue weighted by molar-refractivity contribution is 0.102. The van der Waals surface area contributed by atoms with Gasteiger partial charge in [0.05, 0.1) is 12.8 Å². The number of methoxy groups -OCH3 is 1. The average Bonchev–Trinajstić information content (AvgIpc) is 2.82. The maximum absolute atomic E-state index is 12.7. The van der Waals surface area contributed by atoms with Gasteiger partial charge in [-0.25, -0.2) is 0 Å². The van der Waals surface area contributed by atoms with Crippen molar-refractivity contribution >= 4 is 23.0 Å². The lowest BCUT2D eigenvalue weighted by Gasteiger charge is -2.33. The molecule has 0 atom stereocenters. The van der Waals surface area contributed by atoms with Crippen LogP contribution < -0.4 is 31.1 Å². The molecule has 0 radical (unpaired) electrons. The van der Waals surface area contributed by atoms with Crippen LogP contribution in [0.3, 0.4) is 0 Å². The molecule has 172 valence electrons. The third-order valence-electron chi connectivity index (χ3n) is 6.27. The van der Waals surface area contributed by atoms with Crippen molar-refractivity contribution in [1.29, 1.82) is 0 Å². The van der Waals surface area contributed by atoms with Crippen molar-refractivity contribution < 1.29 is 9.53 Å². The number of aryl methyl sites for hydroxylation is 1. The molecule has 33 heavy (non-hydrogen) atoms. The Labute approximate surface area is 193 Å². The van der Waals surface area contributed by atoms with Gasteiger partial charge in [0.2, 0.25) is 0 Å². The van der Waals surface area contributed by atoms with E-state index in [2.05, 4.69) is 17.6 Å². The van der Waals surface area contributed by atoms with Crippen molar-refractivity contribution in [1.82, 2.24) is 0 Å². The lowest BCUT2D eigenvalue weighted by Crippen LogP contribution is -2.45. The summed E-state index contributed by atoms with van der Waals surface area (Å²) in [6.07, 6.45) is 2.05. The van der Waals surface area contributed by atoms with Crippen LogP contribution in [0.1, 0.15) is 41.3 Å². The summed E-state index contributed by atoms with van der Waals surface area (Å²) < 4.78 is 5.32. The molecule has 1 heterocycles. The van der Waals surface area contributed by atoms with Crippen LogP contribution in [0.2, 0.25) is 0 Å². The minimum Gasteiger partial charge on any atom is -0.495 e. The fraction of sp³-hybridized carbons (Fsp3) is 0.346. The number of benzene rings is 2. The van der Waals surface area contributed by atoms with Crippen LogP contribution in [0.25, 0.3) is 0 Å². The zero-order valence-electron chi connectivity index (χ0n) is 19.2.